The summed E-state index contributed by atoms with van der Waals surface area (Å²) >= 11 is 0. The van der Waals surface area contributed by atoms with Gasteiger partial charge in [0.05, 0.1) is 12.7 Å². The Morgan fingerprint density at radius 3 is 2.80 bits per heavy atom. The molecule has 0 bridgehead atoms. The Morgan fingerprint density at radius 1 is 1.35 bits per heavy atom. The summed E-state index contributed by atoms with van der Waals surface area (Å²) in [5, 5.41) is 9.53. The smallest absolute Gasteiger partial charge is 0.302 e. The molecule has 1 aliphatic heterocycles. The number of aliphatic hydroxyl groups is 1. The predicted octanol–water partition coefficient (Wildman–Crippen LogP) is 1.63. The van der Waals surface area contributed by atoms with Crippen LogP contribution in [-0.2, 0) is 25.6 Å². The maximum atomic E-state index is 10.9. The van der Waals surface area contributed by atoms with Gasteiger partial charge in [0.15, 0.2) is 6.29 Å². The van der Waals surface area contributed by atoms with E-state index in [9.17, 15) is 9.90 Å². The minimum atomic E-state index is -0.813. The minimum absolute atomic E-state index is 0.103. The van der Waals surface area contributed by atoms with Gasteiger partial charge in [-0.1, -0.05) is 30.3 Å². The first-order chi connectivity index (χ1) is 9.65. The van der Waals surface area contributed by atoms with E-state index in [1.54, 1.807) is 0 Å². The van der Waals surface area contributed by atoms with Gasteiger partial charge in [0.1, 0.15) is 12.7 Å². The molecule has 1 aromatic carbocycles. The summed E-state index contributed by atoms with van der Waals surface area (Å²) in [6.45, 7) is 1.92. The van der Waals surface area contributed by atoms with Crippen LogP contribution in [0.2, 0.25) is 0 Å². The molecule has 0 saturated carbocycles. The fourth-order valence-corrected chi connectivity index (χ4v) is 2.16. The van der Waals surface area contributed by atoms with Crippen molar-refractivity contribution in [1.29, 1.82) is 0 Å². The summed E-state index contributed by atoms with van der Waals surface area (Å²) in [5.74, 6) is -0.365. The van der Waals surface area contributed by atoms with Gasteiger partial charge in [0.25, 0.3) is 0 Å². The van der Waals surface area contributed by atoms with Gasteiger partial charge in [0, 0.05) is 13.3 Å². The fourth-order valence-electron chi connectivity index (χ4n) is 2.16. The molecule has 0 spiro atoms. The number of ether oxygens (including phenoxy) is 3. The summed E-state index contributed by atoms with van der Waals surface area (Å²) in [7, 11) is 0. The van der Waals surface area contributed by atoms with E-state index < -0.39 is 12.4 Å². The number of esters is 1. The van der Waals surface area contributed by atoms with E-state index in [2.05, 4.69) is 0 Å². The Hall–Kier alpha value is -1.43. The molecule has 5 nitrogen and oxygen atoms in total. The van der Waals surface area contributed by atoms with E-state index in [0.717, 1.165) is 5.56 Å². The zero-order valence-electron chi connectivity index (χ0n) is 11.5. The first-order valence-corrected chi connectivity index (χ1v) is 6.77. The van der Waals surface area contributed by atoms with Crippen LogP contribution in [0.1, 0.15) is 25.3 Å². The maximum absolute atomic E-state index is 10.9. The minimum Gasteiger partial charge on any atom is -0.463 e. The second-order valence-corrected chi connectivity index (χ2v) is 4.84. The van der Waals surface area contributed by atoms with Gasteiger partial charge in [-0.3, -0.25) is 4.79 Å². The molecule has 3 atom stereocenters. The van der Waals surface area contributed by atoms with Crippen LogP contribution in [0.15, 0.2) is 30.3 Å². The summed E-state index contributed by atoms with van der Waals surface area (Å²) in [5.41, 5.74) is 1.07. The number of benzene rings is 1. The lowest BCUT2D eigenvalue weighted by Crippen LogP contribution is -2.43. The van der Waals surface area contributed by atoms with Crippen molar-refractivity contribution in [3.8, 4) is 0 Å². The van der Waals surface area contributed by atoms with Gasteiger partial charge in [-0.2, -0.15) is 0 Å². The monoisotopic (exact) mass is 280 g/mol. The molecule has 0 amide bonds. The van der Waals surface area contributed by atoms with E-state index in [1.807, 2.05) is 30.3 Å². The SMILES string of the molecule is CC(=O)OC[C@@H]1O[C@@H](O)CC[C@H]1OCc1ccccc1. The molecule has 1 N–H and O–H groups in total. The van der Waals surface area contributed by atoms with Crippen molar-refractivity contribution in [1.82, 2.24) is 0 Å². The Kier molecular flexibility index (Phi) is 5.52. The molecule has 0 unspecified atom stereocenters. The molecule has 0 aliphatic carbocycles. The largest absolute Gasteiger partial charge is 0.463 e. The lowest BCUT2D eigenvalue weighted by molar-refractivity contribution is -0.223. The molecule has 5 heteroatoms. The average molecular weight is 280 g/mol. The standard InChI is InChI=1S/C15H20O5/c1-11(16)18-10-14-13(7-8-15(17)20-14)19-9-12-5-3-2-4-6-12/h2-6,13-15,17H,7-10H2,1H3/t13-,14+,15-/m1/s1. The van der Waals surface area contributed by atoms with Gasteiger partial charge in [-0.25, -0.2) is 0 Å². The van der Waals surface area contributed by atoms with Gasteiger partial charge < -0.3 is 19.3 Å². The Balaban J connectivity index is 1.87. The van der Waals surface area contributed by atoms with Crippen LogP contribution in [0.4, 0.5) is 0 Å². The third-order valence-corrected chi connectivity index (χ3v) is 3.20. The molecule has 1 fully saturated rings. The van der Waals surface area contributed by atoms with Gasteiger partial charge in [-0.15, -0.1) is 0 Å². The predicted molar refractivity (Wildman–Crippen MR) is 71.8 cm³/mol. The molecule has 110 valence electrons. The zero-order chi connectivity index (χ0) is 14.4. The van der Waals surface area contributed by atoms with Crippen molar-refractivity contribution >= 4 is 5.97 Å². The first kappa shape index (κ1) is 15.0. The summed E-state index contributed by atoms with van der Waals surface area (Å²) in [6.07, 6.45) is -0.216. The van der Waals surface area contributed by atoms with Crippen molar-refractivity contribution in [2.24, 2.45) is 0 Å². The number of carbonyl (C=O) groups excluding carboxylic acids is 1. The van der Waals surface area contributed by atoms with Crippen molar-refractivity contribution in [3.05, 3.63) is 35.9 Å². The number of aliphatic hydroxyl groups excluding tert-OH is 1. The summed E-state index contributed by atoms with van der Waals surface area (Å²) in [4.78, 5) is 10.9. The summed E-state index contributed by atoms with van der Waals surface area (Å²) in [6, 6.07) is 9.83. The van der Waals surface area contributed by atoms with Gasteiger partial charge in [-0.05, 0) is 12.0 Å². The normalized spacial score (nSPS) is 26.2. The molecule has 1 aromatic rings. The van der Waals surface area contributed by atoms with Crippen LogP contribution in [0.3, 0.4) is 0 Å². The quantitative estimate of drug-likeness (QED) is 0.830. The Morgan fingerprint density at radius 2 is 2.10 bits per heavy atom. The lowest BCUT2D eigenvalue weighted by Gasteiger charge is -2.33. The first-order valence-electron chi connectivity index (χ1n) is 6.77. The van der Waals surface area contributed by atoms with Crippen LogP contribution in [0.25, 0.3) is 0 Å². The van der Waals surface area contributed by atoms with E-state index in [4.69, 9.17) is 14.2 Å². The van der Waals surface area contributed by atoms with Crippen LogP contribution < -0.4 is 0 Å². The third-order valence-electron chi connectivity index (χ3n) is 3.20. The highest BCUT2D eigenvalue weighted by Crippen LogP contribution is 2.22. The average Bonchev–Trinajstić information content (AvgIpc) is 2.45. The van der Waals surface area contributed by atoms with Crippen molar-refractivity contribution in [2.45, 2.75) is 44.9 Å². The highest BCUT2D eigenvalue weighted by Gasteiger charge is 2.32. The Labute approximate surface area is 118 Å². The molecule has 1 heterocycles. The van der Waals surface area contributed by atoms with E-state index in [0.29, 0.717) is 19.4 Å². The second kappa shape index (κ2) is 7.38. The highest BCUT2D eigenvalue weighted by molar-refractivity contribution is 5.65. The number of carbonyl (C=O) groups is 1. The van der Waals surface area contributed by atoms with Crippen LogP contribution in [-0.4, -0.2) is 36.2 Å². The van der Waals surface area contributed by atoms with Gasteiger partial charge in [0.2, 0.25) is 0 Å². The van der Waals surface area contributed by atoms with Crippen LogP contribution in [0, 0.1) is 0 Å². The van der Waals surface area contributed by atoms with Crippen LogP contribution in [0.5, 0.6) is 0 Å². The van der Waals surface area contributed by atoms with Crippen LogP contribution >= 0.6 is 0 Å². The molecule has 0 aromatic heterocycles. The van der Waals surface area contributed by atoms with Crippen molar-refractivity contribution < 1.29 is 24.1 Å². The molecule has 0 radical (unpaired) electrons. The molecule has 2 rings (SSSR count). The third kappa shape index (κ3) is 4.59. The van der Waals surface area contributed by atoms with E-state index >= 15 is 0 Å². The molecular formula is C15H20O5. The Bertz CT molecular complexity index is 420. The molecule has 1 aliphatic rings. The second-order valence-electron chi connectivity index (χ2n) is 4.84. The number of hydrogen-bond donors (Lipinski definition) is 1. The highest BCUT2D eigenvalue weighted by atomic mass is 16.6. The molecule has 20 heavy (non-hydrogen) atoms. The fraction of sp³-hybridized carbons (Fsp3) is 0.533. The number of rotatable bonds is 5. The van der Waals surface area contributed by atoms with Crippen molar-refractivity contribution in [3.63, 3.8) is 0 Å². The maximum Gasteiger partial charge on any atom is 0.302 e. The molecular weight excluding hydrogens is 260 g/mol. The van der Waals surface area contributed by atoms with Crippen molar-refractivity contribution in [2.75, 3.05) is 6.61 Å². The summed E-state index contributed by atoms with van der Waals surface area (Å²) < 4.78 is 16.2. The topological polar surface area (TPSA) is 65.0 Å². The molecule has 1 saturated heterocycles. The van der Waals surface area contributed by atoms with E-state index in [-0.39, 0.29) is 18.7 Å². The van der Waals surface area contributed by atoms with Gasteiger partial charge >= 0.3 is 5.97 Å². The zero-order valence-corrected chi connectivity index (χ0v) is 11.5. The number of hydrogen-bond acceptors (Lipinski definition) is 5. The van der Waals surface area contributed by atoms with E-state index in [1.165, 1.54) is 6.92 Å². The lowest BCUT2D eigenvalue weighted by atomic mass is 10.0.